The van der Waals surface area contributed by atoms with E-state index in [4.69, 9.17) is 0 Å². The molecule has 7 heteroatoms. The van der Waals surface area contributed by atoms with Crippen LogP contribution in [-0.2, 0) is 27.7 Å². The highest BCUT2D eigenvalue weighted by Crippen LogP contribution is 2.31. The number of likely N-dealkylation sites (tertiary alicyclic amines) is 1. The van der Waals surface area contributed by atoms with Gasteiger partial charge in [0, 0.05) is 24.3 Å². The van der Waals surface area contributed by atoms with Crippen LogP contribution in [0, 0.1) is 5.92 Å². The van der Waals surface area contributed by atoms with Gasteiger partial charge < -0.3 is 10.2 Å². The minimum atomic E-state index is -3.65. The SMILES string of the molecule is O=C(Nc1cccc2c1CCCC2)C1CCCN(C2=NS(=O)(=O)c3ccccc32)C1. The summed E-state index contributed by atoms with van der Waals surface area (Å²) < 4.78 is 28.8. The van der Waals surface area contributed by atoms with E-state index in [0.717, 1.165) is 37.8 Å². The lowest BCUT2D eigenvalue weighted by atomic mass is 9.90. The molecule has 2 aromatic rings. The van der Waals surface area contributed by atoms with Gasteiger partial charge in [0.2, 0.25) is 5.91 Å². The average Bonchev–Trinajstić information content (AvgIpc) is 3.05. The highest BCUT2D eigenvalue weighted by molar-refractivity contribution is 7.90. The van der Waals surface area contributed by atoms with Gasteiger partial charge in [-0.1, -0.05) is 24.3 Å². The number of amides is 1. The van der Waals surface area contributed by atoms with Crippen LogP contribution >= 0.6 is 0 Å². The Hall–Kier alpha value is -2.67. The summed E-state index contributed by atoms with van der Waals surface area (Å²) in [6.07, 6.45) is 6.06. The third-order valence-corrected chi connectivity index (χ3v) is 7.68. The summed E-state index contributed by atoms with van der Waals surface area (Å²) in [4.78, 5) is 15.3. The van der Waals surface area contributed by atoms with Crippen molar-refractivity contribution in [2.24, 2.45) is 10.3 Å². The van der Waals surface area contributed by atoms with E-state index in [1.165, 1.54) is 17.5 Å². The smallest absolute Gasteiger partial charge is 0.285 e. The summed E-state index contributed by atoms with van der Waals surface area (Å²) in [5.74, 6) is 0.282. The second-order valence-corrected chi connectivity index (χ2v) is 9.88. The predicted octanol–water partition coefficient (Wildman–Crippen LogP) is 3.37. The zero-order chi connectivity index (χ0) is 20.7. The van der Waals surface area contributed by atoms with Crippen LogP contribution in [0.1, 0.15) is 42.4 Å². The number of anilines is 1. The van der Waals surface area contributed by atoms with Crippen molar-refractivity contribution in [1.29, 1.82) is 0 Å². The third kappa shape index (κ3) is 3.41. The first-order valence-electron chi connectivity index (χ1n) is 10.6. The molecule has 1 amide bonds. The number of rotatable bonds is 2. The van der Waals surface area contributed by atoms with Gasteiger partial charge in [0.05, 0.1) is 5.92 Å². The molecule has 2 aromatic carbocycles. The van der Waals surface area contributed by atoms with Crippen molar-refractivity contribution in [3.05, 3.63) is 59.2 Å². The average molecular weight is 424 g/mol. The fraction of sp³-hybridized carbons (Fsp3) is 0.391. The molecule has 6 nitrogen and oxygen atoms in total. The Morgan fingerprint density at radius 3 is 2.77 bits per heavy atom. The number of carbonyl (C=O) groups excluding carboxylic acids is 1. The number of nitrogens with one attached hydrogen (secondary N) is 1. The van der Waals surface area contributed by atoms with Gasteiger partial charge in [-0.25, -0.2) is 0 Å². The van der Waals surface area contributed by atoms with Crippen molar-refractivity contribution in [3.8, 4) is 0 Å². The Balaban J connectivity index is 1.35. The zero-order valence-electron chi connectivity index (χ0n) is 16.8. The Bertz CT molecular complexity index is 1140. The molecule has 2 aliphatic heterocycles. The van der Waals surface area contributed by atoms with Crippen LogP contribution < -0.4 is 5.32 Å². The molecule has 1 aliphatic carbocycles. The molecule has 30 heavy (non-hydrogen) atoms. The van der Waals surface area contributed by atoms with E-state index in [1.807, 2.05) is 23.1 Å². The van der Waals surface area contributed by atoms with Crippen LogP contribution in [0.4, 0.5) is 5.69 Å². The highest BCUT2D eigenvalue weighted by atomic mass is 32.2. The Kier molecular flexibility index (Phi) is 4.85. The number of carbonyl (C=O) groups is 1. The second kappa shape index (κ2) is 7.54. The van der Waals surface area contributed by atoms with Gasteiger partial charge in [0.25, 0.3) is 10.0 Å². The second-order valence-electron chi connectivity index (χ2n) is 8.31. The molecule has 5 rings (SSSR count). The molecule has 1 saturated heterocycles. The quantitative estimate of drug-likeness (QED) is 0.803. The largest absolute Gasteiger partial charge is 0.355 e. The Labute approximate surface area is 177 Å². The normalized spacial score (nSPS) is 22.1. The Morgan fingerprint density at radius 1 is 1.03 bits per heavy atom. The molecule has 2 heterocycles. The number of nitrogens with zero attached hydrogens (tertiary/aromatic N) is 2. The number of piperidine rings is 1. The van der Waals surface area contributed by atoms with Crippen molar-refractivity contribution in [1.82, 2.24) is 4.90 Å². The van der Waals surface area contributed by atoms with Crippen LogP contribution in [0.15, 0.2) is 51.8 Å². The first-order valence-corrected chi connectivity index (χ1v) is 12.1. The van der Waals surface area contributed by atoms with E-state index in [1.54, 1.807) is 18.2 Å². The lowest BCUT2D eigenvalue weighted by Crippen LogP contribution is -2.43. The van der Waals surface area contributed by atoms with Crippen molar-refractivity contribution >= 4 is 27.5 Å². The summed E-state index contributed by atoms with van der Waals surface area (Å²) in [5, 5.41) is 3.16. The standard InChI is InChI=1S/C23H25N3O3S/c27-23(24-20-12-5-8-16-7-1-2-10-18(16)20)17-9-6-14-26(15-17)22-19-11-3-4-13-21(19)30(28,29)25-22/h3-5,8,11-13,17H,1-2,6-7,9-10,14-15H2,(H,24,27). The van der Waals surface area contributed by atoms with E-state index < -0.39 is 10.0 Å². The van der Waals surface area contributed by atoms with Crippen LogP contribution in [0.25, 0.3) is 0 Å². The van der Waals surface area contributed by atoms with E-state index in [9.17, 15) is 13.2 Å². The maximum absolute atomic E-state index is 13.1. The molecule has 0 saturated carbocycles. The lowest BCUT2D eigenvalue weighted by Gasteiger charge is -2.33. The number of fused-ring (bicyclic) bond motifs is 2. The molecule has 0 spiro atoms. The van der Waals surface area contributed by atoms with Crippen molar-refractivity contribution < 1.29 is 13.2 Å². The van der Waals surface area contributed by atoms with Crippen LogP contribution in [0.5, 0.6) is 0 Å². The van der Waals surface area contributed by atoms with E-state index in [2.05, 4.69) is 15.8 Å². The molecule has 156 valence electrons. The summed E-state index contributed by atoms with van der Waals surface area (Å²) in [6, 6.07) is 13.1. The number of benzene rings is 2. The maximum Gasteiger partial charge on any atom is 0.285 e. The monoisotopic (exact) mass is 423 g/mol. The fourth-order valence-corrected chi connectivity index (χ4v) is 6.06. The number of hydrogen-bond acceptors (Lipinski definition) is 4. The summed E-state index contributed by atoms with van der Waals surface area (Å²) in [6.45, 7) is 1.18. The number of aryl methyl sites for hydroxylation is 1. The van der Waals surface area contributed by atoms with E-state index in [0.29, 0.717) is 24.5 Å². The molecule has 1 N–H and O–H groups in total. The van der Waals surface area contributed by atoms with Crippen molar-refractivity contribution in [2.45, 2.75) is 43.4 Å². The van der Waals surface area contributed by atoms with Crippen LogP contribution in [-0.4, -0.2) is 38.2 Å². The minimum absolute atomic E-state index is 0.00779. The van der Waals surface area contributed by atoms with Gasteiger partial charge in [-0.15, -0.1) is 4.40 Å². The molecular formula is C23H25N3O3S. The van der Waals surface area contributed by atoms with Gasteiger partial charge in [-0.3, -0.25) is 4.79 Å². The summed E-state index contributed by atoms with van der Waals surface area (Å²) >= 11 is 0. The van der Waals surface area contributed by atoms with Gasteiger partial charge in [0.1, 0.15) is 4.90 Å². The number of amidine groups is 1. The molecule has 0 bridgehead atoms. The lowest BCUT2D eigenvalue weighted by molar-refractivity contribution is -0.121. The summed E-state index contributed by atoms with van der Waals surface area (Å²) in [7, 11) is -3.65. The van der Waals surface area contributed by atoms with Crippen molar-refractivity contribution in [3.63, 3.8) is 0 Å². The first-order chi connectivity index (χ1) is 14.5. The zero-order valence-corrected chi connectivity index (χ0v) is 17.6. The first kappa shape index (κ1) is 19.3. The van der Waals surface area contributed by atoms with Gasteiger partial charge in [-0.2, -0.15) is 8.42 Å². The predicted molar refractivity (Wildman–Crippen MR) is 116 cm³/mol. The third-order valence-electron chi connectivity index (χ3n) is 6.36. The molecule has 3 aliphatic rings. The molecule has 1 fully saturated rings. The molecule has 0 radical (unpaired) electrons. The van der Waals surface area contributed by atoms with E-state index in [-0.39, 0.29) is 16.7 Å². The van der Waals surface area contributed by atoms with Crippen molar-refractivity contribution in [2.75, 3.05) is 18.4 Å². The van der Waals surface area contributed by atoms with E-state index >= 15 is 0 Å². The molecular weight excluding hydrogens is 398 g/mol. The van der Waals surface area contributed by atoms with Gasteiger partial charge in [-0.05, 0) is 67.9 Å². The topological polar surface area (TPSA) is 78.8 Å². The Morgan fingerprint density at radius 2 is 1.87 bits per heavy atom. The van der Waals surface area contributed by atoms with Crippen LogP contribution in [0.3, 0.4) is 0 Å². The van der Waals surface area contributed by atoms with Crippen LogP contribution in [0.2, 0.25) is 0 Å². The van der Waals surface area contributed by atoms with Gasteiger partial charge >= 0.3 is 0 Å². The number of hydrogen-bond donors (Lipinski definition) is 1. The maximum atomic E-state index is 13.1. The molecule has 0 aromatic heterocycles. The molecule has 1 unspecified atom stereocenters. The number of sulfonamides is 1. The highest BCUT2D eigenvalue weighted by Gasteiger charge is 2.35. The minimum Gasteiger partial charge on any atom is -0.355 e. The fourth-order valence-electron chi connectivity index (χ4n) is 4.83. The molecule has 1 atom stereocenters. The summed E-state index contributed by atoms with van der Waals surface area (Å²) in [5.41, 5.74) is 4.17. The van der Waals surface area contributed by atoms with Gasteiger partial charge in [0.15, 0.2) is 5.84 Å².